The van der Waals surface area contributed by atoms with Gasteiger partial charge < -0.3 is 4.90 Å². The van der Waals surface area contributed by atoms with Crippen LogP contribution in [0.2, 0.25) is 0 Å². The summed E-state index contributed by atoms with van der Waals surface area (Å²) in [5.41, 5.74) is 0. The second-order valence-corrected chi connectivity index (χ2v) is 3.36. The van der Waals surface area contributed by atoms with Crippen molar-refractivity contribution in [3.63, 3.8) is 0 Å². The standard InChI is InChI=1S/C9H9F3N2/c10-7-1-3-13-8(5-7)14-4-2-9(11,12)6-14/h1,3,5H,2,4,6H2. The lowest BCUT2D eigenvalue weighted by molar-refractivity contribution is 0.0256. The van der Waals surface area contributed by atoms with Crippen molar-refractivity contribution in [3.05, 3.63) is 24.1 Å². The maximum atomic E-state index is 12.8. The van der Waals surface area contributed by atoms with E-state index >= 15 is 0 Å². The summed E-state index contributed by atoms with van der Waals surface area (Å²) in [5, 5.41) is 0. The van der Waals surface area contributed by atoms with E-state index in [-0.39, 0.29) is 25.3 Å². The summed E-state index contributed by atoms with van der Waals surface area (Å²) >= 11 is 0. The lowest BCUT2D eigenvalue weighted by Gasteiger charge is -2.16. The average molecular weight is 202 g/mol. The quantitative estimate of drug-likeness (QED) is 0.693. The van der Waals surface area contributed by atoms with Gasteiger partial charge in [0, 0.05) is 25.2 Å². The van der Waals surface area contributed by atoms with E-state index in [4.69, 9.17) is 0 Å². The molecule has 2 nitrogen and oxygen atoms in total. The van der Waals surface area contributed by atoms with Crippen molar-refractivity contribution < 1.29 is 13.2 Å². The number of nitrogens with zero attached hydrogens (tertiary/aromatic N) is 2. The molecule has 0 saturated carbocycles. The van der Waals surface area contributed by atoms with E-state index in [0.717, 1.165) is 0 Å². The molecular formula is C9H9F3N2. The highest BCUT2D eigenvalue weighted by Crippen LogP contribution is 2.29. The summed E-state index contributed by atoms with van der Waals surface area (Å²) in [4.78, 5) is 5.23. The number of hydrogen-bond acceptors (Lipinski definition) is 2. The van der Waals surface area contributed by atoms with E-state index in [0.29, 0.717) is 0 Å². The van der Waals surface area contributed by atoms with E-state index in [1.165, 1.54) is 23.2 Å². The third-order valence-corrected chi connectivity index (χ3v) is 2.20. The summed E-state index contributed by atoms with van der Waals surface area (Å²) in [7, 11) is 0. The molecule has 1 aliphatic rings. The van der Waals surface area contributed by atoms with Crippen LogP contribution in [0, 0.1) is 5.82 Å². The normalized spacial score (nSPS) is 20.1. The van der Waals surface area contributed by atoms with Crippen LogP contribution in [0.4, 0.5) is 19.0 Å². The Hall–Kier alpha value is -1.26. The number of halogens is 3. The molecule has 0 amide bonds. The van der Waals surface area contributed by atoms with Gasteiger partial charge in [-0.05, 0) is 6.07 Å². The molecule has 2 heterocycles. The summed E-state index contributed by atoms with van der Waals surface area (Å²) in [6.45, 7) is -0.146. The van der Waals surface area contributed by atoms with Gasteiger partial charge in [0.25, 0.3) is 5.92 Å². The van der Waals surface area contributed by atoms with Crippen molar-refractivity contribution >= 4 is 5.82 Å². The van der Waals surface area contributed by atoms with Gasteiger partial charge in [-0.3, -0.25) is 0 Å². The smallest absolute Gasteiger partial charge is 0.266 e. The number of pyridine rings is 1. The minimum absolute atomic E-state index is 0.189. The van der Waals surface area contributed by atoms with Gasteiger partial charge in [-0.25, -0.2) is 18.2 Å². The van der Waals surface area contributed by atoms with Crippen LogP contribution in [-0.4, -0.2) is 24.0 Å². The number of hydrogen-bond donors (Lipinski definition) is 0. The van der Waals surface area contributed by atoms with Crippen LogP contribution in [0.5, 0.6) is 0 Å². The molecule has 0 aromatic carbocycles. The first kappa shape index (κ1) is 9.30. The molecule has 5 heteroatoms. The Labute approximate surface area is 79.4 Å². The molecule has 76 valence electrons. The Bertz CT molecular complexity index is 341. The average Bonchev–Trinajstić information content (AvgIpc) is 2.46. The van der Waals surface area contributed by atoms with Gasteiger partial charge in [-0.1, -0.05) is 0 Å². The van der Waals surface area contributed by atoms with Crippen LogP contribution in [0.25, 0.3) is 0 Å². The van der Waals surface area contributed by atoms with Crippen LogP contribution in [-0.2, 0) is 0 Å². The zero-order chi connectivity index (χ0) is 10.2. The van der Waals surface area contributed by atoms with Crippen molar-refractivity contribution in [1.82, 2.24) is 4.98 Å². The maximum absolute atomic E-state index is 12.8. The van der Waals surface area contributed by atoms with Crippen molar-refractivity contribution in [1.29, 1.82) is 0 Å². The van der Waals surface area contributed by atoms with Gasteiger partial charge in [0.15, 0.2) is 0 Å². The zero-order valence-corrected chi connectivity index (χ0v) is 7.38. The van der Waals surface area contributed by atoms with Crippen LogP contribution in [0.1, 0.15) is 6.42 Å². The third kappa shape index (κ3) is 1.81. The largest absolute Gasteiger partial charge is 0.350 e. The molecule has 0 atom stereocenters. The highest BCUT2D eigenvalue weighted by Gasteiger charge is 2.38. The van der Waals surface area contributed by atoms with Crippen LogP contribution in [0.3, 0.4) is 0 Å². The predicted molar refractivity (Wildman–Crippen MR) is 46.0 cm³/mol. The van der Waals surface area contributed by atoms with Crippen LogP contribution < -0.4 is 4.90 Å². The summed E-state index contributed by atoms with van der Waals surface area (Å²) in [6.07, 6.45) is 1.09. The lowest BCUT2D eigenvalue weighted by Crippen LogP contribution is -2.25. The van der Waals surface area contributed by atoms with Gasteiger partial charge in [-0.15, -0.1) is 0 Å². The van der Waals surface area contributed by atoms with Crippen LogP contribution >= 0.6 is 0 Å². The molecule has 0 bridgehead atoms. The van der Waals surface area contributed by atoms with E-state index in [1.54, 1.807) is 0 Å². The maximum Gasteiger partial charge on any atom is 0.266 e. The lowest BCUT2D eigenvalue weighted by atomic mass is 10.3. The molecular weight excluding hydrogens is 193 g/mol. The SMILES string of the molecule is Fc1ccnc(N2CCC(F)(F)C2)c1. The predicted octanol–water partition coefficient (Wildman–Crippen LogP) is 2.07. The molecule has 0 unspecified atom stereocenters. The molecule has 1 aliphatic heterocycles. The minimum atomic E-state index is -2.67. The minimum Gasteiger partial charge on any atom is -0.350 e. The fraction of sp³-hybridized carbons (Fsp3) is 0.444. The molecule has 0 radical (unpaired) electrons. The highest BCUT2D eigenvalue weighted by atomic mass is 19.3. The van der Waals surface area contributed by atoms with Crippen LogP contribution in [0.15, 0.2) is 18.3 Å². The van der Waals surface area contributed by atoms with Gasteiger partial charge in [0.2, 0.25) is 0 Å². The Balaban J connectivity index is 2.17. The van der Waals surface area contributed by atoms with E-state index in [9.17, 15) is 13.2 Å². The monoisotopic (exact) mass is 202 g/mol. The Morgan fingerprint density at radius 1 is 1.43 bits per heavy atom. The molecule has 1 aromatic rings. The molecule has 0 N–H and O–H groups in total. The van der Waals surface area contributed by atoms with Crippen molar-refractivity contribution in [2.24, 2.45) is 0 Å². The highest BCUT2D eigenvalue weighted by molar-refractivity contribution is 5.40. The van der Waals surface area contributed by atoms with Gasteiger partial charge in [-0.2, -0.15) is 0 Å². The first-order valence-corrected chi connectivity index (χ1v) is 4.31. The van der Waals surface area contributed by atoms with Crippen molar-refractivity contribution in [2.75, 3.05) is 18.0 Å². The topological polar surface area (TPSA) is 16.1 Å². The van der Waals surface area contributed by atoms with Gasteiger partial charge >= 0.3 is 0 Å². The molecule has 0 spiro atoms. The summed E-state index contributed by atoms with van der Waals surface area (Å²) in [5.74, 6) is -2.85. The van der Waals surface area contributed by atoms with E-state index < -0.39 is 11.7 Å². The number of anilines is 1. The molecule has 1 aromatic heterocycles. The Morgan fingerprint density at radius 3 is 2.79 bits per heavy atom. The molecule has 2 rings (SSSR count). The van der Waals surface area contributed by atoms with Crippen molar-refractivity contribution in [3.8, 4) is 0 Å². The van der Waals surface area contributed by atoms with E-state index in [2.05, 4.69) is 4.98 Å². The Kier molecular flexibility index (Phi) is 2.09. The summed E-state index contributed by atoms with van der Waals surface area (Å²) < 4.78 is 38.4. The van der Waals surface area contributed by atoms with E-state index in [1.807, 2.05) is 0 Å². The number of rotatable bonds is 1. The molecule has 14 heavy (non-hydrogen) atoms. The van der Waals surface area contributed by atoms with Gasteiger partial charge in [0.1, 0.15) is 11.6 Å². The molecule has 0 aliphatic carbocycles. The van der Waals surface area contributed by atoms with Crippen molar-refractivity contribution in [2.45, 2.75) is 12.3 Å². The fourth-order valence-corrected chi connectivity index (χ4v) is 1.50. The first-order valence-electron chi connectivity index (χ1n) is 4.31. The number of alkyl halides is 2. The molecule has 1 fully saturated rings. The zero-order valence-electron chi connectivity index (χ0n) is 7.38. The molecule has 1 saturated heterocycles. The second kappa shape index (κ2) is 3.15. The first-order chi connectivity index (χ1) is 6.57. The van der Waals surface area contributed by atoms with Gasteiger partial charge in [0.05, 0.1) is 6.54 Å². The summed E-state index contributed by atoms with van der Waals surface area (Å²) in [6, 6.07) is 2.36. The number of aromatic nitrogens is 1. The second-order valence-electron chi connectivity index (χ2n) is 3.36. The third-order valence-electron chi connectivity index (χ3n) is 2.20. The Morgan fingerprint density at radius 2 is 2.21 bits per heavy atom. The fourth-order valence-electron chi connectivity index (χ4n) is 1.50.